The van der Waals surface area contributed by atoms with Crippen LogP contribution < -0.4 is 5.32 Å². The van der Waals surface area contributed by atoms with E-state index in [1.165, 1.54) is 22.8 Å². The highest BCUT2D eigenvalue weighted by Crippen LogP contribution is 2.24. The molecule has 0 bridgehead atoms. The third-order valence-corrected chi connectivity index (χ3v) is 7.67. The van der Waals surface area contributed by atoms with Crippen molar-refractivity contribution in [3.8, 4) is 5.69 Å². The molecular weight excluding hydrogens is 431 g/mol. The van der Waals surface area contributed by atoms with Crippen molar-refractivity contribution in [1.29, 1.82) is 0 Å². The standard InChI is InChI=1S/C23H25FN4O3S/c1-17-5-7-19(14-22(17)32(30,31)28-10-3-2-4-11-28)23(29)26-15-18-6-8-21(20(24)13-18)27-12-9-25-16-27/h5-9,12-14,16H,2-4,10-11,15H2,1H3,(H,26,29). The monoisotopic (exact) mass is 456 g/mol. The molecule has 1 aliphatic heterocycles. The van der Waals surface area contributed by atoms with E-state index in [9.17, 15) is 17.6 Å². The number of nitrogens with one attached hydrogen (secondary N) is 1. The molecule has 9 heteroatoms. The van der Waals surface area contributed by atoms with Crippen LogP contribution in [0.1, 0.15) is 40.7 Å². The Morgan fingerprint density at radius 2 is 1.91 bits per heavy atom. The van der Waals surface area contributed by atoms with Crippen LogP contribution in [-0.2, 0) is 16.6 Å². The molecule has 32 heavy (non-hydrogen) atoms. The number of sulfonamides is 1. The number of hydrogen-bond acceptors (Lipinski definition) is 4. The lowest BCUT2D eigenvalue weighted by Gasteiger charge is -2.26. The maximum absolute atomic E-state index is 14.4. The highest BCUT2D eigenvalue weighted by molar-refractivity contribution is 7.89. The van der Waals surface area contributed by atoms with Gasteiger partial charge in [-0.1, -0.05) is 18.6 Å². The van der Waals surface area contributed by atoms with Crippen LogP contribution in [0.3, 0.4) is 0 Å². The largest absolute Gasteiger partial charge is 0.348 e. The number of amides is 1. The summed E-state index contributed by atoms with van der Waals surface area (Å²) in [6, 6.07) is 9.37. The molecule has 3 aromatic rings. The van der Waals surface area contributed by atoms with E-state index in [4.69, 9.17) is 0 Å². The number of rotatable bonds is 6. The van der Waals surface area contributed by atoms with Crippen LogP contribution in [0.2, 0.25) is 0 Å². The first-order chi connectivity index (χ1) is 15.4. The Kier molecular flexibility index (Phi) is 6.38. The minimum atomic E-state index is -3.65. The number of carbonyl (C=O) groups is 1. The molecule has 1 N–H and O–H groups in total. The number of imidazole rings is 1. The quantitative estimate of drug-likeness (QED) is 0.616. The zero-order valence-electron chi connectivity index (χ0n) is 17.8. The highest BCUT2D eigenvalue weighted by Gasteiger charge is 2.28. The Hall–Kier alpha value is -3.04. The van der Waals surface area contributed by atoms with Crippen LogP contribution in [0, 0.1) is 12.7 Å². The van der Waals surface area contributed by atoms with E-state index in [0.29, 0.717) is 29.9 Å². The van der Waals surface area contributed by atoms with Gasteiger partial charge in [0, 0.05) is 37.6 Å². The van der Waals surface area contributed by atoms with E-state index >= 15 is 0 Å². The van der Waals surface area contributed by atoms with E-state index in [-0.39, 0.29) is 17.0 Å². The molecule has 1 aliphatic rings. The van der Waals surface area contributed by atoms with E-state index < -0.39 is 21.7 Å². The maximum atomic E-state index is 14.4. The smallest absolute Gasteiger partial charge is 0.251 e. The Balaban J connectivity index is 1.48. The third kappa shape index (κ3) is 4.58. The number of nitrogens with zero attached hydrogens (tertiary/aromatic N) is 3. The second kappa shape index (κ2) is 9.22. The van der Waals surface area contributed by atoms with Gasteiger partial charge in [-0.3, -0.25) is 4.79 Å². The van der Waals surface area contributed by atoms with E-state index in [1.807, 2.05) is 0 Å². The summed E-state index contributed by atoms with van der Waals surface area (Å²) in [6.07, 6.45) is 7.43. The van der Waals surface area contributed by atoms with Gasteiger partial charge in [0.05, 0.1) is 16.9 Å². The molecule has 1 fully saturated rings. The molecule has 1 amide bonds. The molecule has 0 radical (unpaired) electrons. The molecule has 0 atom stereocenters. The summed E-state index contributed by atoms with van der Waals surface area (Å²) in [5, 5.41) is 2.74. The molecule has 168 valence electrons. The number of carbonyl (C=O) groups excluding carboxylic acids is 1. The van der Waals surface area contributed by atoms with Crippen LogP contribution in [0.15, 0.2) is 60.0 Å². The molecular formula is C23H25FN4O3S. The van der Waals surface area contributed by atoms with Crippen molar-refractivity contribution in [2.45, 2.75) is 37.6 Å². The van der Waals surface area contributed by atoms with Crippen LogP contribution in [0.4, 0.5) is 4.39 Å². The number of hydrogen-bond donors (Lipinski definition) is 1. The molecule has 2 aromatic carbocycles. The first-order valence-electron chi connectivity index (χ1n) is 10.5. The van der Waals surface area contributed by atoms with Crippen molar-refractivity contribution >= 4 is 15.9 Å². The fraction of sp³-hybridized carbons (Fsp3) is 0.304. The van der Waals surface area contributed by atoms with Crippen LogP contribution in [0.5, 0.6) is 0 Å². The van der Waals surface area contributed by atoms with Gasteiger partial charge in [0.25, 0.3) is 5.91 Å². The maximum Gasteiger partial charge on any atom is 0.251 e. The number of aryl methyl sites for hydroxylation is 1. The summed E-state index contributed by atoms with van der Waals surface area (Å²) in [5.74, 6) is -0.848. The van der Waals surface area contributed by atoms with Gasteiger partial charge in [0.2, 0.25) is 10.0 Å². The summed E-state index contributed by atoms with van der Waals surface area (Å²) in [4.78, 5) is 16.8. The fourth-order valence-electron chi connectivity index (χ4n) is 3.82. The molecule has 1 aromatic heterocycles. The first-order valence-corrected chi connectivity index (χ1v) is 12.0. The predicted molar refractivity (Wildman–Crippen MR) is 118 cm³/mol. The molecule has 1 saturated heterocycles. The lowest BCUT2D eigenvalue weighted by atomic mass is 10.1. The van der Waals surface area contributed by atoms with Gasteiger partial charge < -0.3 is 9.88 Å². The summed E-state index contributed by atoms with van der Waals surface area (Å²) in [6.45, 7) is 2.84. The number of aromatic nitrogens is 2. The van der Waals surface area contributed by atoms with Crippen molar-refractivity contribution in [3.05, 3.63) is 77.6 Å². The Labute approximate surface area is 186 Å². The third-order valence-electron chi connectivity index (χ3n) is 5.63. The average molecular weight is 457 g/mol. The fourth-order valence-corrected chi connectivity index (χ4v) is 5.59. The molecule has 2 heterocycles. The minimum absolute atomic E-state index is 0.113. The van der Waals surface area contributed by atoms with Gasteiger partial charge in [-0.15, -0.1) is 0 Å². The zero-order chi connectivity index (χ0) is 22.7. The molecule has 4 rings (SSSR count). The number of piperidine rings is 1. The van der Waals surface area contributed by atoms with E-state index in [0.717, 1.165) is 19.3 Å². The Morgan fingerprint density at radius 3 is 2.59 bits per heavy atom. The summed E-state index contributed by atoms with van der Waals surface area (Å²) >= 11 is 0. The van der Waals surface area contributed by atoms with Gasteiger partial charge in [-0.25, -0.2) is 17.8 Å². The molecule has 0 aliphatic carbocycles. The van der Waals surface area contributed by atoms with Gasteiger partial charge in [-0.05, 0) is 55.2 Å². The van der Waals surface area contributed by atoms with Gasteiger partial charge in [-0.2, -0.15) is 4.31 Å². The molecule has 0 spiro atoms. The van der Waals surface area contributed by atoms with Gasteiger partial charge in [0.1, 0.15) is 5.82 Å². The molecule has 0 unspecified atom stereocenters. The van der Waals surface area contributed by atoms with Crippen molar-refractivity contribution in [2.24, 2.45) is 0 Å². The predicted octanol–water partition coefficient (Wildman–Crippen LogP) is 3.42. The summed E-state index contributed by atoms with van der Waals surface area (Å²) in [7, 11) is -3.65. The molecule has 7 nitrogen and oxygen atoms in total. The summed E-state index contributed by atoms with van der Waals surface area (Å²) < 4.78 is 43.6. The SMILES string of the molecule is Cc1ccc(C(=O)NCc2ccc(-n3ccnc3)c(F)c2)cc1S(=O)(=O)N1CCCCC1. The van der Waals surface area contributed by atoms with Gasteiger partial charge >= 0.3 is 0 Å². The second-order valence-electron chi connectivity index (χ2n) is 7.88. The zero-order valence-corrected chi connectivity index (χ0v) is 18.6. The van der Waals surface area contributed by atoms with Crippen LogP contribution in [-0.4, -0.2) is 41.3 Å². The lowest BCUT2D eigenvalue weighted by Crippen LogP contribution is -2.36. The van der Waals surface area contributed by atoms with Crippen molar-refractivity contribution in [2.75, 3.05) is 13.1 Å². The highest BCUT2D eigenvalue weighted by atomic mass is 32.2. The minimum Gasteiger partial charge on any atom is -0.348 e. The van der Waals surface area contributed by atoms with E-state index in [2.05, 4.69) is 10.3 Å². The number of benzene rings is 2. The van der Waals surface area contributed by atoms with Crippen molar-refractivity contribution < 1.29 is 17.6 Å². The van der Waals surface area contributed by atoms with Gasteiger partial charge in [0.15, 0.2) is 0 Å². The summed E-state index contributed by atoms with van der Waals surface area (Å²) in [5.41, 5.74) is 1.81. The lowest BCUT2D eigenvalue weighted by molar-refractivity contribution is 0.0950. The van der Waals surface area contributed by atoms with E-state index in [1.54, 1.807) is 48.1 Å². The van der Waals surface area contributed by atoms with Crippen molar-refractivity contribution in [1.82, 2.24) is 19.2 Å². The average Bonchev–Trinajstić information content (AvgIpc) is 3.33. The Morgan fingerprint density at radius 1 is 1.12 bits per heavy atom. The first kappa shape index (κ1) is 22.2. The number of halogens is 1. The van der Waals surface area contributed by atoms with Crippen LogP contribution in [0.25, 0.3) is 5.69 Å². The Bertz CT molecular complexity index is 1220. The van der Waals surface area contributed by atoms with Crippen molar-refractivity contribution in [3.63, 3.8) is 0 Å². The topological polar surface area (TPSA) is 84.3 Å². The molecule has 0 saturated carbocycles. The normalized spacial score (nSPS) is 14.9. The second-order valence-corrected chi connectivity index (χ2v) is 9.79. The van der Waals surface area contributed by atoms with Crippen LogP contribution >= 0.6 is 0 Å².